The molecule has 15 nitrogen and oxygen atoms in total. The van der Waals surface area contributed by atoms with E-state index in [-0.39, 0.29) is 23.1 Å². The minimum absolute atomic E-state index is 0.0133. The van der Waals surface area contributed by atoms with Crippen molar-refractivity contribution < 1.29 is 4.79 Å². The number of amides is 1. The van der Waals surface area contributed by atoms with E-state index in [1.807, 2.05) is 63.6 Å². The van der Waals surface area contributed by atoms with Gasteiger partial charge >= 0.3 is 0 Å². The average Bonchev–Trinajstić information content (AvgIpc) is 4.04. The van der Waals surface area contributed by atoms with Gasteiger partial charge in [0.1, 0.15) is 28.1 Å². The first kappa shape index (κ1) is 44.0. The van der Waals surface area contributed by atoms with Crippen molar-refractivity contribution in [2.24, 2.45) is 5.92 Å². The summed E-state index contributed by atoms with van der Waals surface area (Å²) in [5.74, 6) is 0.527. The minimum atomic E-state index is -0.132. The first-order valence-electron chi connectivity index (χ1n) is 24.1. The highest BCUT2D eigenvalue weighted by Crippen LogP contribution is 2.54. The summed E-state index contributed by atoms with van der Waals surface area (Å²) >= 11 is 3.42. The lowest BCUT2D eigenvalue weighted by Gasteiger charge is -2.21. The van der Waals surface area contributed by atoms with E-state index in [9.17, 15) is 4.79 Å². The van der Waals surface area contributed by atoms with E-state index < -0.39 is 0 Å². The fourth-order valence-electron chi connectivity index (χ4n) is 10.0. The van der Waals surface area contributed by atoms with Gasteiger partial charge in [0, 0.05) is 63.7 Å². The number of rotatable bonds is 12. The average molecular weight is 985 g/mol. The van der Waals surface area contributed by atoms with Gasteiger partial charge in [0.05, 0.1) is 67.6 Å². The quantitative estimate of drug-likeness (QED) is 0.0570. The molecular weight excluding hydrogens is 937 g/mol. The second kappa shape index (κ2) is 17.4. The number of thioether (sulfide) groups is 1. The van der Waals surface area contributed by atoms with E-state index in [1.165, 1.54) is 11.1 Å². The van der Waals surface area contributed by atoms with Crippen LogP contribution in [-0.2, 0) is 11.3 Å². The van der Waals surface area contributed by atoms with Crippen LogP contribution in [-0.4, -0.2) is 62.8 Å². The number of aromatic nitrogens is 10. The second-order valence-electron chi connectivity index (χ2n) is 19.0. The Morgan fingerprint density at radius 3 is 2.53 bits per heavy atom. The number of aromatic amines is 3. The highest BCUT2D eigenvalue weighted by Gasteiger charge is 2.44. The van der Waals surface area contributed by atoms with Crippen LogP contribution in [0.3, 0.4) is 0 Å². The number of thiophene rings is 1. The number of H-pyrrole nitrogens is 3. The van der Waals surface area contributed by atoms with Crippen LogP contribution in [0.2, 0.25) is 0 Å². The highest BCUT2D eigenvalue weighted by molar-refractivity contribution is 8.02. The van der Waals surface area contributed by atoms with Gasteiger partial charge < -0.3 is 26.3 Å². The Balaban J connectivity index is 0.832. The largest absolute Gasteiger partial charge is 0.372 e. The predicted octanol–water partition coefficient (Wildman–Crippen LogP) is 11.6. The Bertz CT molecular complexity index is 3900. The Labute approximate surface area is 421 Å². The molecule has 17 heteroatoms. The monoisotopic (exact) mass is 984 g/mol. The molecule has 2 unspecified atom stereocenters. The lowest BCUT2D eigenvalue weighted by Crippen LogP contribution is -2.17. The van der Waals surface area contributed by atoms with Crippen LogP contribution in [0.15, 0.2) is 108 Å². The zero-order valence-corrected chi connectivity index (χ0v) is 41.7. The third kappa shape index (κ3) is 7.71. The molecule has 10 aromatic rings. The maximum atomic E-state index is 12.6. The summed E-state index contributed by atoms with van der Waals surface area (Å²) in [7, 11) is 0. The maximum absolute atomic E-state index is 12.6. The van der Waals surface area contributed by atoms with Crippen LogP contribution in [0.4, 0.5) is 11.4 Å². The van der Waals surface area contributed by atoms with Gasteiger partial charge in [0.2, 0.25) is 5.91 Å². The number of hydrogen-bond donors (Lipinski definition) is 7. The molecule has 7 N–H and O–H groups in total. The van der Waals surface area contributed by atoms with Gasteiger partial charge in [-0.3, -0.25) is 29.9 Å². The first-order chi connectivity index (χ1) is 35.1. The molecule has 0 radical (unpaired) electrons. The van der Waals surface area contributed by atoms with Gasteiger partial charge in [-0.25, -0.2) is 9.97 Å². The molecule has 0 bridgehead atoms. The Morgan fingerprint density at radius 1 is 0.833 bits per heavy atom. The van der Waals surface area contributed by atoms with Gasteiger partial charge in [0.25, 0.3) is 0 Å². The number of pyridine rings is 4. The third-order valence-corrected chi connectivity index (χ3v) is 15.5. The van der Waals surface area contributed by atoms with E-state index in [4.69, 9.17) is 35.1 Å². The molecule has 8 aromatic heterocycles. The van der Waals surface area contributed by atoms with Crippen molar-refractivity contribution in [1.82, 2.24) is 60.9 Å². The number of nitrogens with one attached hydrogen (secondary N) is 7. The fourth-order valence-corrected chi connectivity index (χ4v) is 11.9. The van der Waals surface area contributed by atoms with Crippen molar-refractivity contribution in [3.8, 4) is 44.6 Å². The first-order valence-corrected chi connectivity index (χ1v) is 25.9. The summed E-state index contributed by atoms with van der Waals surface area (Å²) in [6.07, 6.45) is 6.26. The van der Waals surface area contributed by atoms with Crippen LogP contribution in [0.25, 0.3) is 88.7 Å². The molecule has 72 heavy (non-hydrogen) atoms. The number of anilines is 2. The van der Waals surface area contributed by atoms with Gasteiger partial charge in [-0.05, 0) is 115 Å². The number of aryl methyl sites for hydroxylation is 2. The lowest BCUT2D eigenvalue weighted by molar-refractivity contribution is -0.118. The standard InChI is InChI=1S/C55H48N14OS2/c1-6-56-23-29-14-27(4)15-30(18-29)39-22-35-46(68-69-47(35)54-63-37-10-12-58-50(48(37)65-54)41-8-7-13-71-41)44(62-39)32-20-42(72-25-32)49-43-36(9-11-57-49)61-52(53-51(43)64-53)45-34-21-38(59-24-40(34)66-67-45)31-16-28(5)17-33(19-31)60-55(70)26(2)3/h7-19,21-22,24-26,42,51,56,61,64H,6,20,23H2,1-5H3,(H,60,70)(H,63,65)(H,66,67)(H,68,69). The van der Waals surface area contributed by atoms with Gasteiger partial charge in [-0.1, -0.05) is 38.5 Å². The normalized spacial score (nSPS) is 16.1. The summed E-state index contributed by atoms with van der Waals surface area (Å²) in [6, 6.07) is 25.0. The van der Waals surface area contributed by atoms with Crippen LogP contribution >= 0.6 is 23.1 Å². The van der Waals surface area contributed by atoms with Crippen LogP contribution in [0.5, 0.6) is 0 Å². The van der Waals surface area contributed by atoms with E-state index in [2.05, 4.69) is 110 Å². The third-order valence-electron chi connectivity index (χ3n) is 13.5. The van der Waals surface area contributed by atoms with Gasteiger partial charge in [-0.2, -0.15) is 10.2 Å². The van der Waals surface area contributed by atoms with E-state index in [0.717, 1.165) is 141 Å². The maximum Gasteiger partial charge on any atom is 0.226 e. The molecule has 0 spiro atoms. The molecule has 1 fully saturated rings. The van der Waals surface area contributed by atoms with E-state index in [0.29, 0.717) is 12.2 Å². The van der Waals surface area contributed by atoms with Crippen molar-refractivity contribution in [3.05, 3.63) is 147 Å². The molecule has 11 heterocycles. The molecule has 0 saturated carbocycles. The molecule has 3 aliphatic rings. The molecule has 2 atom stereocenters. The minimum Gasteiger partial charge on any atom is -0.372 e. The molecule has 0 aliphatic carbocycles. The Hall–Kier alpha value is -7.99. The smallest absolute Gasteiger partial charge is 0.226 e. The number of carbonyl (C=O) groups excluding carboxylic acids is 1. The topological polar surface area (TPSA) is 213 Å². The molecule has 1 amide bonds. The highest BCUT2D eigenvalue weighted by atomic mass is 32.2. The zero-order valence-electron chi connectivity index (χ0n) is 40.0. The summed E-state index contributed by atoms with van der Waals surface area (Å²) in [4.78, 5) is 42.5. The number of imidazole rings is 1. The summed E-state index contributed by atoms with van der Waals surface area (Å²) in [5.41, 5.74) is 20.6. The predicted molar refractivity (Wildman–Crippen MR) is 289 cm³/mol. The molecule has 3 aliphatic heterocycles. The number of allylic oxidation sites excluding steroid dienone is 1. The van der Waals surface area contributed by atoms with Crippen LogP contribution in [0, 0.1) is 19.8 Å². The molecule has 1 saturated heterocycles. The van der Waals surface area contributed by atoms with E-state index in [1.54, 1.807) is 23.1 Å². The van der Waals surface area contributed by atoms with Crippen molar-refractivity contribution in [1.29, 1.82) is 0 Å². The van der Waals surface area contributed by atoms with Crippen LogP contribution in [0.1, 0.15) is 77.8 Å². The van der Waals surface area contributed by atoms with E-state index >= 15 is 0 Å². The van der Waals surface area contributed by atoms with Crippen molar-refractivity contribution in [2.45, 2.75) is 58.9 Å². The van der Waals surface area contributed by atoms with Gasteiger partial charge in [-0.15, -0.1) is 23.1 Å². The fraction of sp³-hybridized carbons (Fsp3) is 0.200. The van der Waals surface area contributed by atoms with Crippen molar-refractivity contribution in [2.75, 3.05) is 17.2 Å². The number of nitrogens with zero attached hydrogens (tertiary/aromatic N) is 7. The van der Waals surface area contributed by atoms with Gasteiger partial charge in [0.15, 0.2) is 5.82 Å². The Kier molecular flexibility index (Phi) is 10.6. The Morgan fingerprint density at radius 2 is 1.68 bits per heavy atom. The van der Waals surface area contributed by atoms with Crippen molar-refractivity contribution >= 4 is 84.5 Å². The van der Waals surface area contributed by atoms with Crippen molar-refractivity contribution in [3.63, 3.8) is 0 Å². The second-order valence-corrected chi connectivity index (χ2v) is 21.0. The number of fused-ring (bicyclic) bond motifs is 6. The summed E-state index contributed by atoms with van der Waals surface area (Å²) in [6.45, 7) is 11.7. The molecule has 13 rings (SSSR count). The molecule has 356 valence electrons. The van der Waals surface area contributed by atoms with Crippen LogP contribution < -0.4 is 21.3 Å². The number of carbonyl (C=O) groups is 1. The molecule has 2 aromatic carbocycles. The number of hydrogen-bond acceptors (Lipinski definition) is 13. The number of benzene rings is 2. The summed E-state index contributed by atoms with van der Waals surface area (Å²) < 4.78 is 0. The summed E-state index contributed by atoms with van der Waals surface area (Å²) in [5, 5.41) is 36.6. The zero-order chi connectivity index (χ0) is 48.8. The lowest BCUT2D eigenvalue weighted by atomic mass is 9.96. The molecular formula is C55H48N14OS2. The SMILES string of the molecule is CCNCc1cc(C)cc(-c2cc3c(-c4nc5c(-c6cccs6)nccc5[nH]4)[nH]nc3c(C3=CSC(c4nccc5c4C4NC4=C(c4n[nH]c6cnc(-c7cc(C)cc(NC(=O)C(C)C)c7)cc46)N5)C3)n2)c1.